The number of hydrogen-bond acceptors (Lipinski definition) is 6. The van der Waals surface area contributed by atoms with Crippen LogP contribution in [-0.4, -0.2) is 24.3 Å². The minimum absolute atomic E-state index is 0.110. The number of methoxy groups -OCH3 is 1. The lowest BCUT2D eigenvalue weighted by atomic mass is 9.61. The maximum Gasteiger partial charge on any atom is 0.348 e. The van der Waals surface area contributed by atoms with Gasteiger partial charge in [-0.25, -0.2) is 4.79 Å². The number of nitriles is 1. The Morgan fingerprint density at radius 1 is 1.32 bits per heavy atom. The lowest BCUT2D eigenvalue weighted by molar-refractivity contribution is 0.0194. The van der Waals surface area contributed by atoms with E-state index in [0.29, 0.717) is 23.1 Å². The van der Waals surface area contributed by atoms with E-state index >= 15 is 0 Å². The summed E-state index contributed by atoms with van der Waals surface area (Å²) in [7, 11) is 1.40. The summed E-state index contributed by atoms with van der Waals surface area (Å²) in [4.78, 5) is 13.5. The molecule has 2 fully saturated rings. The fraction of sp³-hybridized carbons (Fsp3) is 0.630. The molecule has 3 unspecified atom stereocenters. The van der Waals surface area contributed by atoms with E-state index in [0.717, 1.165) is 81.1 Å². The predicted molar refractivity (Wildman–Crippen MR) is 134 cm³/mol. The number of aryl methyl sites for hydroxylation is 1. The summed E-state index contributed by atoms with van der Waals surface area (Å²) in [5.41, 5.74) is 0.695. The van der Waals surface area contributed by atoms with Crippen LogP contribution in [0.25, 0.3) is 0 Å². The molecule has 2 aliphatic carbocycles. The summed E-state index contributed by atoms with van der Waals surface area (Å²) in [6, 6.07) is 7.99. The second kappa shape index (κ2) is 11.3. The molecule has 4 atom stereocenters. The standard InChI is InChI=1S/C27H34FNO3S2/c1-32-26(31)23-12-11-21(34-23)6-2-5-18-9-10-19(16-29)22(18)7-3-8-24(30)27(13-4-14-27)20-15-25(28)33-17-20/h11-12,15,17-19,22,24,30H,2-10,13-14H2,1H3/t18-,19?,22?,24?/m0/s1. The Kier molecular flexibility index (Phi) is 8.44. The van der Waals surface area contributed by atoms with Gasteiger partial charge in [0.25, 0.3) is 0 Å². The summed E-state index contributed by atoms with van der Waals surface area (Å²) in [5, 5.41) is 22.4. The Hall–Kier alpha value is -1.75. The summed E-state index contributed by atoms with van der Waals surface area (Å²) < 4.78 is 18.4. The molecule has 1 N–H and O–H groups in total. The molecule has 34 heavy (non-hydrogen) atoms. The van der Waals surface area contributed by atoms with Crippen LogP contribution in [0, 0.1) is 34.2 Å². The third kappa shape index (κ3) is 5.40. The van der Waals surface area contributed by atoms with Crippen molar-refractivity contribution in [1.29, 1.82) is 5.26 Å². The fourth-order valence-electron chi connectivity index (χ4n) is 6.13. The normalized spacial score (nSPS) is 24.4. The minimum Gasteiger partial charge on any atom is -0.465 e. The molecule has 4 nitrogen and oxygen atoms in total. The van der Waals surface area contributed by atoms with E-state index in [1.54, 1.807) is 6.07 Å². The van der Waals surface area contributed by atoms with Gasteiger partial charge in [0.15, 0.2) is 5.13 Å². The quantitative estimate of drug-likeness (QED) is 0.339. The Labute approximate surface area is 209 Å². The smallest absolute Gasteiger partial charge is 0.348 e. The van der Waals surface area contributed by atoms with Crippen molar-refractivity contribution >= 4 is 28.6 Å². The van der Waals surface area contributed by atoms with Crippen LogP contribution >= 0.6 is 22.7 Å². The second-order valence-corrected chi connectivity index (χ2v) is 12.0. The topological polar surface area (TPSA) is 70.3 Å². The Morgan fingerprint density at radius 3 is 2.79 bits per heavy atom. The van der Waals surface area contributed by atoms with Crippen LogP contribution in [0.5, 0.6) is 0 Å². The van der Waals surface area contributed by atoms with Crippen molar-refractivity contribution in [2.45, 2.75) is 82.1 Å². The molecule has 2 aromatic heterocycles. The summed E-state index contributed by atoms with van der Waals surface area (Å²) >= 11 is 2.62. The molecule has 0 radical (unpaired) electrons. The van der Waals surface area contributed by atoms with Gasteiger partial charge in [-0.3, -0.25) is 0 Å². The van der Waals surface area contributed by atoms with Gasteiger partial charge < -0.3 is 9.84 Å². The lowest BCUT2D eigenvalue weighted by Gasteiger charge is -2.45. The van der Waals surface area contributed by atoms with Gasteiger partial charge in [0.1, 0.15) is 4.88 Å². The van der Waals surface area contributed by atoms with Gasteiger partial charge in [-0.1, -0.05) is 12.8 Å². The first-order chi connectivity index (χ1) is 16.5. The van der Waals surface area contributed by atoms with E-state index in [4.69, 9.17) is 4.74 Å². The zero-order chi connectivity index (χ0) is 24.1. The molecule has 184 valence electrons. The third-order valence-corrected chi connectivity index (χ3v) is 10.1. The molecule has 0 spiro atoms. The molecule has 4 rings (SSSR count). The number of thiophene rings is 2. The number of aliphatic hydroxyl groups excluding tert-OH is 1. The molecule has 0 amide bonds. The van der Waals surface area contributed by atoms with Crippen molar-refractivity contribution < 1.29 is 19.0 Å². The molecule has 0 bridgehead atoms. The largest absolute Gasteiger partial charge is 0.465 e. The maximum absolute atomic E-state index is 13.6. The Morgan fingerprint density at radius 2 is 2.15 bits per heavy atom. The van der Waals surface area contributed by atoms with E-state index in [1.807, 2.05) is 17.5 Å². The van der Waals surface area contributed by atoms with Crippen molar-refractivity contribution in [2.24, 2.45) is 17.8 Å². The van der Waals surface area contributed by atoms with Crippen LogP contribution in [0.1, 0.15) is 84.3 Å². The van der Waals surface area contributed by atoms with Gasteiger partial charge in [0, 0.05) is 16.2 Å². The van der Waals surface area contributed by atoms with Crippen LogP contribution < -0.4 is 0 Å². The first-order valence-corrected chi connectivity index (χ1v) is 14.2. The van der Waals surface area contributed by atoms with Gasteiger partial charge in [0.2, 0.25) is 0 Å². The Bertz CT molecular complexity index is 1010. The van der Waals surface area contributed by atoms with E-state index in [-0.39, 0.29) is 22.4 Å². The third-order valence-electron chi connectivity index (χ3n) is 8.22. The van der Waals surface area contributed by atoms with Gasteiger partial charge in [0.05, 0.1) is 19.3 Å². The van der Waals surface area contributed by atoms with Crippen molar-refractivity contribution in [3.05, 3.63) is 44.0 Å². The average molecular weight is 504 g/mol. The predicted octanol–water partition coefficient (Wildman–Crippen LogP) is 6.88. The highest BCUT2D eigenvalue weighted by atomic mass is 32.1. The SMILES string of the molecule is COC(=O)c1ccc(CCC[C@H]2CCC(C#N)C2CCCC(O)C2(c3csc(F)c3)CCC2)s1. The number of esters is 1. The van der Waals surface area contributed by atoms with Crippen LogP contribution in [0.4, 0.5) is 4.39 Å². The second-order valence-electron chi connectivity index (χ2n) is 9.98. The highest BCUT2D eigenvalue weighted by Crippen LogP contribution is 2.49. The first-order valence-electron chi connectivity index (χ1n) is 12.5. The number of hydrogen-bond donors (Lipinski definition) is 1. The molecular formula is C27H34FNO3S2. The monoisotopic (exact) mass is 503 g/mol. The molecule has 7 heteroatoms. The van der Waals surface area contributed by atoms with E-state index in [2.05, 4.69) is 6.07 Å². The van der Waals surface area contributed by atoms with Gasteiger partial charge in [-0.05, 0) is 98.8 Å². The first kappa shape index (κ1) is 25.3. The zero-order valence-electron chi connectivity index (χ0n) is 19.8. The molecule has 2 saturated carbocycles. The van der Waals surface area contributed by atoms with Crippen LogP contribution in [0.3, 0.4) is 0 Å². The summed E-state index contributed by atoms with van der Waals surface area (Å²) in [6.07, 6.45) is 10.2. The maximum atomic E-state index is 13.6. The lowest BCUT2D eigenvalue weighted by Crippen LogP contribution is -2.45. The molecular weight excluding hydrogens is 469 g/mol. The number of aliphatic hydroxyl groups is 1. The average Bonchev–Trinajstić information content (AvgIpc) is 3.53. The van der Waals surface area contributed by atoms with E-state index in [1.165, 1.54) is 23.3 Å². The summed E-state index contributed by atoms with van der Waals surface area (Å²) in [6.45, 7) is 0. The van der Waals surface area contributed by atoms with Crippen molar-refractivity contribution in [3.63, 3.8) is 0 Å². The molecule has 0 aromatic carbocycles. The number of carbonyl (C=O) groups excluding carboxylic acids is 1. The molecule has 2 heterocycles. The fourth-order valence-corrected chi connectivity index (χ4v) is 7.84. The highest BCUT2D eigenvalue weighted by Gasteiger charge is 2.45. The van der Waals surface area contributed by atoms with Gasteiger partial charge in [-0.15, -0.1) is 22.7 Å². The van der Waals surface area contributed by atoms with E-state index < -0.39 is 6.10 Å². The molecule has 2 aromatic rings. The summed E-state index contributed by atoms with van der Waals surface area (Å²) in [5.74, 6) is 0.768. The number of rotatable bonds is 11. The zero-order valence-corrected chi connectivity index (χ0v) is 21.4. The minimum atomic E-state index is -0.446. The number of ether oxygens (including phenoxy) is 1. The van der Waals surface area contributed by atoms with Crippen molar-refractivity contribution in [1.82, 2.24) is 0 Å². The van der Waals surface area contributed by atoms with E-state index in [9.17, 15) is 19.6 Å². The van der Waals surface area contributed by atoms with Gasteiger partial charge in [-0.2, -0.15) is 9.65 Å². The number of nitrogens with zero attached hydrogens (tertiary/aromatic N) is 1. The van der Waals surface area contributed by atoms with Crippen LogP contribution in [-0.2, 0) is 16.6 Å². The molecule has 0 saturated heterocycles. The van der Waals surface area contributed by atoms with Gasteiger partial charge >= 0.3 is 5.97 Å². The number of carbonyl (C=O) groups is 1. The highest BCUT2D eigenvalue weighted by molar-refractivity contribution is 7.13. The number of halogens is 1. The Balaban J connectivity index is 1.27. The van der Waals surface area contributed by atoms with Crippen molar-refractivity contribution in [3.8, 4) is 6.07 Å². The van der Waals surface area contributed by atoms with Crippen LogP contribution in [0.15, 0.2) is 23.6 Å². The van der Waals surface area contributed by atoms with Crippen LogP contribution in [0.2, 0.25) is 0 Å². The molecule has 2 aliphatic rings. The molecule has 0 aliphatic heterocycles. The van der Waals surface area contributed by atoms with Crippen molar-refractivity contribution in [2.75, 3.05) is 7.11 Å².